The molecule has 9 heteroatoms. The minimum Gasteiger partial charge on any atom is -0.396 e. The third-order valence-corrected chi connectivity index (χ3v) is 5.04. The van der Waals surface area contributed by atoms with E-state index in [1.54, 1.807) is 0 Å². The van der Waals surface area contributed by atoms with Crippen LogP contribution in [0.1, 0.15) is 6.42 Å². The summed E-state index contributed by atoms with van der Waals surface area (Å²) in [6, 6.07) is 2.16. The molecule has 0 radical (unpaired) electrons. The third kappa shape index (κ3) is 2.87. The van der Waals surface area contributed by atoms with Crippen LogP contribution in [-0.2, 0) is 14.8 Å². The summed E-state index contributed by atoms with van der Waals surface area (Å²) in [5, 5.41) is 2.58. The molecule has 6 nitrogen and oxygen atoms in total. The Kier molecular flexibility index (Phi) is 4.17. The summed E-state index contributed by atoms with van der Waals surface area (Å²) in [7, 11) is -4.08. The normalized spacial score (nSPS) is 17.6. The first-order valence-electron chi connectivity index (χ1n) is 5.84. The van der Waals surface area contributed by atoms with E-state index in [1.807, 2.05) is 0 Å². The Hall–Kier alpha value is -1.38. The molecule has 1 aromatic rings. The number of nitrogens with two attached hydrogens (primary N) is 1. The molecule has 1 aliphatic heterocycles. The molecule has 0 saturated carbocycles. The Morgan fingerprint density at radius 3 is 2.75 bits per heavy atom. The van der Waals surface area contributed by atoms with Crippen LogP contribution in [0.15, 0.2) is 17.0 Å². The molecule has 0 bridgehead atoms. The number of carbonyl (C=O) groups is 1. The lowest BCUT2D eigenvalue weighted by Gasteiger charge is -2.20. The molecule has 110 valence electrons. The van der Waals surface area contributed by atoms with Crippen molar-refractivity contribution in [3.05, 3.63) is 23.0 Å². The first kappa shape index (κ1) is 15.0. The van der Waals surface area contributed by atoms with Gasteiger partial charge < -0.3 is 11.1 Å². The number of hydrogen-bond acceptors (Lipinski definition) is 4. The fourth-order valence-electron chi connectivity index (χ4n) is 1.90. The van der Waals surface area contributed by atoms with E-state index < -0.39 is 20.7 Å². The zero-order chi connectivity index (χ0) is 14.9. The number of nitrogens with one attached hydrogen (secondary N) is 1. The van der Waals surface area contributed by atoms with Crippen molar-refractivity contribution in [3.8, 4) is 0 Å². The first-order chi connectivity index (χ1) is 9.32. The van der Waals surface area contributed by atoms with E-state index in [0.717, 1.165) is 16.4 Å². The Balaban J connectivity index is 2.42. The second-order valence-electron chi connectivity index (χ2n) is 4.31. The lowest BCUT2D eigenvalue weighted by Crippen LogP contribution is -2.34. The summed E-state index contributed by atoms with van der Waals surface area (Å²) in [6.45, 7) is 0.232. The van der Waals surface area contributed by atoms with Gasteiger partial charge in [0, 0.05) is 31.1 Å². The molecule has 3 N–H and O–H groups in total. The zero-order valence-corrected chi connectivity index (χ0v) is 12.0. The van der Waals surface area contributed by atoms with Gasteiger partial charge in [-0.3, -0.25) is 4.79 Å². The topological polar surface area (TPSA) is 92.5 Å². The summed E-state index contributed by atoms with van der Waals surface area (Å²) in [6.07, 6.45) is 0.0247. The molecule has 0 unspecified atom stereocenters. The maximum atomic E-state index is 13.9. The number of nitrogens with zero attached hydrogens (tertiary/aromatic N) is 1. The van der Waals surface area contributed by atoms with Crippen LogP contribution in [0.3, 0.4) is 0 Å². The molecule has 1 fully saturated rings. The molecule has 0 aliphatic carbocycles. The van der Waals surface area contributed by atoms with Gasteiger partial charge in [0.05, 0.1) is 5.69 Å². The van der Waals surface area contributed by atoms with Crippen molar-refractivity contribution < 1.29 is 17.6 Å². The van der Waals surface area contributed by atoms with Gasteiger partial charge in [-0.1, -0.05) is 11.6 Å². The summed E-state index contributed by atoms with van der Waals surface area (Å²) >= 11 is 5.73. The zero-order valence-electron chi connectivity index (χ0n) is 10.4. The second kappa shape index (κ2) is 5.55. The molecule has 0 atom stereocenters. The number of amides is 1. The predicted octanol–water partition coefficient (Wildman–Crippen LogP) is 0.572. The number of rotatable bonds is 2. The highest BCUT2D eigenvalue weighted by Crippen LogP contribution is 2.27. The Labute approximate surface area is 120 Å². The third-order valence-electron chi connectivity index (χ3n) is 2.92. The molecule has 1 amide bonds. The minimum absolute atomic E-state index is 0.0139. The fourth-order valence-corrected chi connectivity index (χ4v) is 3.75. The van der Waals surface area contributed by atoms with Crippen LogP contribution >= 0.6 is 11.6 Å². The van der Waals surface area contributed by atoms with E-state index in [0.29, 0.717) is 0 Å². The van der Waals surface area contributed by atoms with E-state index in [9.17, 15) is 17.6 Å². The maximum Gasteiger partial charge on any atom is 0.246 e. The van der Waals surface area contributed by atoms with E-state index in [-0.39, 0.29) is 42.7 Å². The predicted molar refractivity (Wildman–Crippen MR) is 72.2 cm³/mol. The van der Waals surface area contributed by atoms with Gasteiger partial charge in [-0.15, -0.1) is 0 Å². The second-order valence-corrected chi connectivity index (χ2v) is 6.65. The summed E-state index contributed by atoms with van der Waals surface area (Å²) in [5.74, 6) is -1.27. The van der Waals surface area contributed by atoms with E-state index in [1.165, 1.54) is 0 Å². The molecule has 20 heavy (non-hydrogen) atoms. The first-order valence-corrected chi connectivity index (χ1v) is 7.65. The average Bonchev–Trinajstić information content (AvgIpc) is 2.58. The molecule has 1 heterocycles. The highest BCUT2D eigenvalue weighted by molar-refractivity contribution is 7.89. The number of nitrogen functional groups attached to an aromatic ring is 1. The lowest BCUT2D eigenvalue weighted by atomic mass is 10.3. The van der Waals surface area contributed by atoms with Crippen molar-refractivity contribution in [1.29, 1.82) is 0 Å². The van der Waals surface area contributed by atoms with Crippen molar-refractivity contribution in [1.82, 2.24) is 9.62 Å². The van der Waals surface area contributed by atoms with Gasteiger partial charge >= 0.3 is 0 Å². The number of sulfonamides is 1. The molecule has 0 spiro atoms. The Morgan fingerprint density at radius 1 is 1.35 bits per heavy atom. The maximum absolute atomic E-state index is 13.9. The Bertz CT molecular complexity index is 651. The van der Waals surface area contributed by atoms with Crippen molar-refractivity contribution in [2.75, 3.05) is 25.4 Å². The number of benzene rings is 1. The SMILES string of the molecule is Nc1cc(Cl)cc(S(=O)(=O)N2CCNC(=O)CC2)c1F. The largest absolute Gasteiger partial charge is 0.396 e. The quantitative estimate of drug-likeness (QED) is 0.779. The van der Waals surface area contributed by atoms with Crippen LogP contribution in [-0.4, -0.2) is 38.3 Å². The van der Waals surface area contributed by atoms with Crippen LogP contribution in [0.2, 0.25) is 5.02 Å². The molecule has 0 aromatic heterocycles. The average molecular weight is 322 g/mol. The smallest absolute Gasteiger partial charge is 0.246 e. The van der Waals surface area contributed by atoms with Crippen molar-refractivity contribution in [3.63, 3.8) is 0 Å². The highest BCUT2D eigenvalue weighted by Gasteiger charge is 2.30. The van der Waals surface area contributed by atoms with Crippen LogP contribution < -0.4 is 11.1 Å². The number of hydrogen-bond donors (Lipinski definition) is 2. The fraction of sp³-hybridized carbons (Fsp3) is 0.364. The molecule has 1 aromatic carbocycles. The van der Waals surface area contributed by atoms with Gasteiger partial charge in [0.15, 0.2) is 5.82 Å². The van der Waals surface area contributed by atoms with Gasteiger partial charge in [0.25, 0.3) is 0 Å². The highest BCUT2D eigenvalue weighted by atomic mass is 35.5. The lowest BCUT2D eigenvalue weighted by molar-refractivity contribution is -0.120. The summed E-state index contributed by atoms with van der Waals surface area (Å²) in [4.78, 5) is 10.6. The molecule has 1 saturated heterocycles. The van der Waals surface area contributed by atoms with Gasteiger partial charge in [-0.25, -0.2) is 12.8 Å². The van der Waals surface area contributed by atoms with Gasteiger partial charge in [0.2, 0.25) is 15.9 Å². The monoisotopic (exact) mass is 321 g/mol. The molecular weight excluding hydrogens is 309 g/mol. The van der Waals surface area contributed by atoms with Crippen molar-refractivity contribution >= 4 is 33.2 Å². The number of halogens is 2. The van der Waals surface area contributed by atoms with Crippen LogP contribution in [0.5, 0.6) is 0 Å². The van der Waals surface area contributed by atoms with Crippen molar-refractivity contribution in [2.45, 2.75) is 11.3 Å². The molecule has 1 aliphatic rings. The number of anilines is 1. The van der Waals surface area contributed by atoms with E-state index in [4.69, 9.17) is 17.3 Å². The van der Waals surface area contributed by atoms with Crippen LogP contribution in [0, 0.1) is 5.82 Å². The standard InChI is InChI=1S/C11H13ClFN3O3S/c12-7-5-8(14)11(13)9(6-7)20(18,19)16-3-1-10(17)15-2-4-16/h5-6H,1-4,14H2,(H,15,17). The van der Waals surface area contributed by atoms with E-state index in [2.05, 4.69) is 5.32 Å². The van der Waals surface area contributed by atoms with Gasteiger partial charge in [-0.05, 0) is 12.1 Å². The van der Waals surface area contributed by atoms with Crippen LogP contribution in [0.4, 0.5) is 10.1 Å². The minimum atomic E-state index is -4.08. The van der Waals surface area contributed by atoms with Gasteiger partial charge in [0.1, 0.15) is 4.90 Å². The molecular formula is C11H13ClFN3O3S. The van der Waals surface area contributed by atoms with E-state index >= 15 is 0 Å². The van der Waals surface area contributed by atoms with Gasteiger partial charge in [-0.2, -0.15) is 4.31 Å². The summed E-state index contributed by atoms with van der Waals surface area (Å²) in [5.41, 5.74) is 5.06. The summed E-state index contributed by atoms with van der Waals surface area (Å²) < 4.78 is 39.8. The van der Waals surface area contributed by atoms with Crippen molar-refractivity contribution in [2.24, 2.45) is 0 Å². The van der Waals surface area contributed by atoms with Crippen LogP contribution in [0.25, 0.3) is 0 Å². The Morgan fingerprint density at radius 2 is 2.05 bits per heavy atom. The number of carbonyl (C=O) groups excluding carboxylic acids is 1. The molecule has 2 rings (SSSR count).